The van der Waals surface area contributed by atoms with Crippen LogP contribution in [-0.4, -0.2) is 11.1 Å². The quantitative estimate of drug-likeness (QED) is 0.171. The molecule has 27 heavy (non-hydrogen) atoms. The molecular weight excluding hydrogens is 332 g/mol. The van der Waals surface area contributed by atoms with Crippen molar-refractivity contribution in [3.63, 3.8) is 0 Å². The molecule has 2 heteroatoms. The molecule has 0 aliphatic carbocycles. The second-order valence-corrected chi connectivity index (χ2v) is 8.01. The first-order valence-electron chi connectivity index (χ1n) is 11.9. The normalized spacial score (nSPS) is 10.6. The minimum atomic E-state index is -0.668. The molecule has 0 saturated carbocycles. The van der Waals surface area contributed by atoms with Crippen molar-refractivity contribution in [2.24, 2.45) is 0 Å². The lowest BCUT2D eigenvalue weighted by Crippen LogP contribution is -1.93. The summed E-state index contributed by atoms with van der Waals surface area (Å²) in [6.07, 6.45) is 26.0. The largest absolute Gasteiger partial charge is 0.481 e. The van der Waals surface area contributed by atoms with Gasteiger partial charge in [-0.05, 0) is 19.3 Å². The molecule has 0 aromatic carbocycles. The van der Waals surface area contributed by atoms with Crippen molar-refractivity contribution in [3.05, 3.63) is 0 Å². The molecule has 0 aromatic heterocycles. The zero-order valence-corrected chi connectivity index (χ0v) is 18.2. The summed E-state index contributed by atoms with van der Waals surface area (Å²) in [4.78, 5) is 10.4. The second kappa shape index (κ2) is 23.1. The van der Waals surface area contributed by atoms with Crippen molar-refractivity contribution in [1.82, 2.24) is 0 Å². The predicted octanol–water partition coefficient (Wildman–Crippen LogP) is 8.29. The average molecular weight is 379 g/mol. The Bertz CT molecular complexity index is 364. The van der Waals surface area contributed by atoms with Crippen LogP contribution in [0.2, 0.25) is 0 Å². The van der Waals surface area contributed by atoms with E-state index in [-0.39, 0.29) is 0 Å². The molecule has 158 valence electrons. The summed E-state index contributed by atoms with van der Waals surface area (Å²) in [6.45, 7) is 2.28. The highest BCUT2D eigenvalue weighted by Gasteiger charge is 1.96. The first-order valence-corrected chi connectivity index (χ1v) is 11.9. The first kappa shape index (κ1) is 26.0. The molecule has 0 atom stereocenters. The van der Waals surface area contributed by atoms with Gasteiger partial charge in [-0.25, -0.2) is 0 Å². The standard InChI is InChI=1S/C25H46O2/c1-2-3-4-5-6-7-8-9-10-11-12-13-14-15-16-17-18-19-20-21-22-23-24-25(26)27/h2-14,17-24H2,1H3,(H,26,27). The fraction of sp³-hybridized carbons (Fsp3) is 0.880. The molecule has 0 fully saturated rings. The van der Waals surface area contributed by atoms with E-state index < -0.39 is 5.97 Å². The molecule has 0 saturated heterocycles. The summed E-state index contributed by atoms with van der Waals surface area (Å²) in [5, 5.41) is 8.56. The summed E-state index contributed by atoms with van der Waals surface area (Å²) in [6, 6.07) is 0. The van der Waals surface area contributed by atoms with Gasteiger partial charge in [-0.2, -0.15) is 0 Å². The van der Waals surface area contributed by atoms with E-state index in [9.17, 15) is 4.79 Å². The van der Waals surface area contributed by atoms with Crippen LogP contribution in [0.3, 0.4) is 0 Å². The van der Waals surface area contributed by atoms with Gasteiger partial charge in [0.15, 0.2) is 0 Å². The fourth-order valence-electron chi connectivity index (χ4n) is 3.43. The van der Waals surface area contributed by atoms with E-state index in [1.807, 2.05) is 0 Å². The number of hydrogen-bond donors (Lipinski definition) is 1. The Balaban J connectivity index is 3.11. The van der Waals surface area contributed by atoms with Gasteiger partial charge in [0.2, 0.25) is 0 Å². The van der Waals surface area contributed by atoms with E-state index in [4.69, 9.17) is 5.11 Å². The molecule has 1 N–H and O–H groups in total. The Morgan fingerprint density at radius 3 is 1.26 bits per heavy atom. The molecule has 0 radical (unpaired) electrons. The Labute approximate surface area is 169 Å². The Morgan fingerprint density at radius 1 is 0.556 bits per heavy atom. The van der Waals surface area contributed by atoms with Crippen LogP contribution in [0, 0.1) is 11.8 Å². The molecule has 0 spiro atoms. The number of hydrogen-bond acceptors (Lipinski definition) is 1. The van der Waals surface area contributed by atoms with E-state index in [0.29, 0.717) is 6.42 Å². The summed E-state index contributed by atoms with van der Waals surface area (Å²) < 4.78 is 0. The third kappa shape index (κ3) is 25.0. The summed E-state index contributed by atoms with van der Waals surface area (Å²) in [7, 11) is 0. The van der Waals surface area contributed by atoms with E-state index in [1.165, 1.54) is 103 Å². The molecule has 2 nitrogen and oxygen atoms in total. The van der Waals surface area contributed by atoms with Crippen LogP contribution in [-0.2, 0) is 4.79 Å². The number of unbranched alkanes of at least 4 members (excludes halogenated alkanes) is 18. The Hall–Kier alpha value is -0.970. The summed E-state index contributed by atoms with van der Waals surface area (Å²) >= 11 is 0. The van der Waals surface area contributed by atoms with Crippen molar-refractivity contribution in [1.29, 1.82) is 0 Å². The number of carboxylic acids is 1. The average Bonchev–Trinajstić information content (AvgIpc) is 2.65. The van der Waals surface area contributed by atoms with E-state index >= 15 is 0 Å². The van der Waals surface area contributed by atoms with Crippen LogP contribution in [0.4, 0.5) is 0 Å². The van der Waals surface area contributed by atoms with Gasteiger partial charge in [0, 0.05) is 19.3 Å². The monoisotopic (exact) mass is 378 g/mol. The molecule has 0 aliphatic rings. The zero-order valence-electron chi connectivity index (χ0n) is 18.2. The predicted molar refractivity (Wildman–Crippen MR) is 118 cm³/mol. The summed E-state index contributed by atoms with van der Waals surface area (Å²) in [5.41, 5.74) is 0. The van der Waals surface area contributed by atoms with Crippen molar-refractivity contribution < 1.29 is 9.90 Å². The molecule has 0 rings (SSSR count). The van der Waals surface area contributed by atoms with Crippen molar-refractivity contribution in [2.75, 3.05) is 0 Å². The van der Waals surface area contributed by atoms with Crippen LogP contribution in [0.1, 0.15) is 142 Å². The molecule has 0 heterocycles. The third-order valence-corrected chi connectivity index (χ3v) is 5.22. The van der Waals surface area contributed by atoms with Crippen LogP contribution >= 0.6 is 0 Å². The van der Waals surface area contributed by atoms with Crippen LogP contribution in [0.15, 0.2) is 0 Å². The number of carbonyl (C=O) groups is 1. The maximum absolute atomic E-state index is 10.4. The van der Waals surface area contributed by atoms with Gasteiger partial charge in [-0.15, -0.1) is 11.8 Å². The Kier molecular flexibility index (Phi) is 22.2. The second-order valence-electron chi connectivity index (χ2n) is 8.01. The molecule has 0 amide bonds. The van der Waals surface area contributed by atoms with Crippen molar-refractivity contribution in [3.8, 4) is 11.8 Å². The van der Waals surface area contributed by atoms with Gasteiger partial charge in [0.05, 0.1) is 0 Å². The zero-order chi connectivity index (χ0) is 19.8. The lowest BCUT2D eigenvalue weighted by Gasteiger charge is -2.01. The molecule has 0 unspecified atom stereocenters. The van der Waals surface area contributed by atoms with E-state index in [2.05, 4.69) is 18.8 Å². The van der Waals surface area contributed by atoms with Gasteiger partial charge in [0.1, 0.15) is 0 Å². The van der Waals surface area contributed by atoms with Crippen LogP contribution < -0.4 is 0 Å². The number of aliphatic carboxylic acids is 1. The van der Waals surface area contributed by atoms with Crippen LogP contribution in [0.5, 0.6) is 0 Å². The fourth-order valence-corrected chi connectivity index (χ4v) is 3.43. The van der Waals surface area contributed by atoms with Gasteiger partial charge in [-0.1, -0.05) is 103 Å². The smallest absolute Gasteiger partial charge is 0.303 e. The van der Waals surface area contributed by atoms with Crippen molar-refractivity contribution in [2.45, 2.75) is 142 Å². The highest BCUT2D eigenvalue weighted by Crippen LogP contribution is 2.12. The molecule has 0 aliphatic heterocycles. The van der Waals surface area contributed by atoms with Crippen LogP contribution in [0.25, 0.3) is 0 Å². The summed E-state index contributed by atoms with van der Waals surface area (Å²) in [5.74, 6) is 5.98. The maximum Gasteiger partial charge on any atom is 0.303 e. The van der Waals surface area contributed by atoms with Crippen molar-refractivity contribution >= 4 is 5.97 Å². The first-order chi connectivity index (χ1) is 13.3. The minimum Gasteiger partial charge on any atom is -0.481 e. The highest BCUT2D eigenvalue weighted by molar-refractivity contribution is 5.66. The SMILES string of the molecule is CCCCCCCCCCCCCCC#CCCCCCCCCC(=O)O. The third-order valence-electron chi connectivity index (χ3n) is 5.22. The lowest BCUT2D eigenvalue weighted by atomic mass is 10.0. The Morgan fingerprint density at radius 2 is 0.889 bits per heavy atom. The molecular formula is C25H46O2. The number of carboxylic acid groups (broad SMARTS) is 1. The van der Waals surface area contributed by atoms with E-state index in [0.717, 1.165) is 25.7 Å². The molecule has 0 aromatic rings. The maximum atomic E-state index is 10.4. The highest BCUT2D eigenvalue weighted by atomic mass is 16.4. The number of rotatable bonds is 20. The minimum absolute atomic E-state index is 0.324. The van der Waals surface area contributed by atoms with Gasteiger partial charge in [-0.3, -0.25) is 4.79 Å². The van der Waals surface area contributed by atoms with Gasteiger partial charge < -0.3 is 5.11 Å². The topological polar surface area (TPSA) is 37.3 Å². The van der Waals surface area contributed by atoms with E-state index in [1.54, 1.807) is 0 Å². The van der Waals surface area contributed by atoms with Gasteiger partial charge in [0.25, 0.3) is 0 Å². The lowest BCUT2D eigenvalue weighted by molar-refractivity contribution is -0.137. The van der Waals surface area contributed by atoms with Gasteiger partial charge >= 0.3 is 5.97 Å². The molecule has 0 bridgehead atoms.